The van der Waals surface area contributed by atoms with E-state index in [1.54, 1.807) is 25.1 Å². The number of halogens is 3. The normalized spacial score (nSPS) is 10.3. The number of hydrogen-bond donors (Lipinski definition) is 1. The van der Waals surface area contributed by atoms with Crippen LogP contribution < -0.4 is 5.32 Å². The Hall–Kier alpha value is -0.550. The highest BCUT2D eigenvalue weighted by Crippen LogP contribution is 1.73. The molecule has 4 nitrogen and oxygen atoms in total. The van der Waals surface area contributed by atoms with Gasteiger partial charge in [-0.3, -0.25) is 5.32 Å². The Morgan fingerprint density at radius 1 is 1.31 bits per heavy atom. The van der Waals surface area contributed by atoms with E-state index in [0.29, 0.717) is 0 Å². The molecule has 0 aliphatic carbocycles. The van der Waals surface area contributed by atoms with Crippen LogP contribution in [0.3, 0.4) is 0 Å². The Labute approximate surface area is 111 Å². The van der Waals surface area contributed by atoms with E-state index in [1.165, 1.54) is 6.38 Å². The van der Waals surface area contributed by atoms with Gasteiger partial charge < -0.3 is 4.57 Å². The molecule has 92 valence electrons. The lowest BCUT2D eigenvalue weighted by Gasteiger charge is -1.76. The SMILES string of the molecule is C1=C[NH2+]C=N1.CCl.ClCCl.Cn1ccnc1. The molecule has 2 heterocycles. The average molecular weight is 287 g/mol. The van der Waals surface area contributed by atoms with Gasteiger partial charge in [-0.15, -0.1) is 34.8 Å². The Morgan fingerprint density at radius 3 is 2.06 bits per heavy atom. The first-order valence-corrected chi connectivity index (χ1v) is 6.07. The monoisotopic (exact) mass is 285 g/mol. The van der Waals surface area contributed by atoms with Crippen molar-refractivity contribution in [2.45, 2.75) is 0 Å². The zero-order chi connectivity index (χ0) is 12.6. The minimum absolute atomic E-state index is 0.194. The number of hydrogen-bond acceptors (Lipinski definition) is 2. The molecule has 1 aliphatic heterocycles. The van der Waals surface area contributed by atoms with Crippen molar-refractivity contribution in [1.82, 2.24) is 9.55 Å². The second kappa shape index (κ2) is 16.9. The second-order valence-corrected chi connectivity index (χ2v) is 2.97. The molecule has 0 saturated heterocycles. The predicted octanol–water partition coefficient (Wildman–Crippen LogP) is 1.76. The van der Waals surface area contributed by atoms with Gasteiger partial charge in [0.1, 0.15) is 6.20 Å². The maximum Gasteiger partial charge on any atom is 0.191 e. The summed E-state index contributed by atoms with van der Waals surface area (Å²) >= 11 is 14.2. The summed E-state index contributed by atoms with van der Waals surface area (Å²) in [5.41, 5.74) is 0. The molecule has 0 bridgehead atoms. The number of quaternary nitrogens is 1. The van der Waals surface area contributed by atoms with Crippen molar-refractivity contribution in [2.75, 3.05) is 11.7 Å². The first kappa shape index (κ1) is 17.8. The highest BCUT2D eigenvalue weighted by atomic mass is 35.5. The first-order chi connectivity index (χ1) is 7.81. The van der Waals surface area contributed by atoms with E-state index in [4.69, 9.17) is 23.2 Å². The lowest BCUT2D eigenvalue weighted by atomic mass is 10.9. The van der Waals surface area contributed by atoms with Crippen LogP contribution in [0.2, 0.25) is 0 Å². The highest BCUT2D eigenvalue weighted by molar-refractivity contribution is 6.40. The number of aromatic nitrogens is 2. The van der Waals surface area contributed by atoms with Crippen LogP contribution >= 0.6 is 34.8 Å². The molecule has 0 spiro atoms. The fourth-order valence-corrected chi connectivity index (χ4v) is 0.574. The van der Waals surface area contributed by atoms with Crippen LogP contribution in [0, 0.1) is 0 Å². The maximum atomic E-state index is 4.76. The van der Waals surface area contributed by atoms with Crippen molar-refractivity contribution in [1.29, 1.82) is 0 Å². The molecule has 1 aliphatic rings. The number of rotatable bonds is 0. The smallest absolute Gasteiger partial charge is 0.191 e. The first-order valence-electron chi connectivity index (χ1n) is 4.24. The Balaban J connectivity index is 0. The topological polar surface area (TPSA) is 46.8 Å². The van der Waals surface area contributed by atoms with Crippen LogP contribution in [-0.2, 0) is 7.05 Å². The minimum Gasteiger partial charge on any atom is -0.341 e. The fourth-order valence-electron chi connectivity index (χ4n) is 0.574. The van der Waals surface area contributed by atoms with Gasteiger partial charge in [0.2, 0.25) is 0 Å². The van der Waals surface area contributed by atoms with Crippen LogP contribution in [0.25, 0.3) is 0 Å². The summed E-state index contributed by atoms with van der Waals surface area (Å²) in [6.07, 6.45) is 12.2. The molecule has 0 saturated carbocycles. The second-order valence-electron chi connectivity index (χ2n) is 2.16. The van der Waals surface area contributed by atoms with Gasteiger partial charge in [-0.1, -0.05) is 0 Å². The number of alkyl halides is 3. The Kier molecular flexibility index (Phi) is 18.8. The molecule has 1 aromatic heterocycles. The summed E-state index contributed by atoms with van der Waals surface area (Å²) in [6.45, 7) is 0. The number of aryl methyl sites for hydroxylation is 1. The third kappa shape index (κ3) is 15.9. The lowest BCUT2D eigenvalue weighted by molar-refractivity contribution is -0.447. The zero-order valence-electron chi connectivity index (χ0n) is 9.22. The van der Waals surface area contributed by atoms with Gasteiger partial charge in [0.15, 0.2) is 6.34 Å². The molecule has 0 radical (unpaired) electrons. The summed E-state index contributed by atoms with van der Waals surface area (Å²) in [5.74, 6) is 0. The van der Waals surface area contributed by atoms with Gasteiger partial charge in [0.05, 0.1) is 17.9 Å². The van der Waals surface area contributed by atoms with E-state index >= 15 is 0 Å². The molecule has 16 heavy (non-hydrogen) atoms. The fraction of sp³-hybridized carbons (Fsp3) is 0.333. The van der Waals surface area contributed by atoms with Gasteiger partial charge in [0, 0.05) is 25.8 Å². The van der Waals surface area contributed by atoms with Crippen LogP contribution in [0.4, 0.5) is 0 Å². The number of nitrogens with two attached hydrogens (primary N) is 1. The largest absolute Gasteiger partial charge is 0.341 e. The van der Waals surface area contributed by atoms with Gasteiger partial charge >= 0.3 is 0 Å². The summed E-state index contributed by atoms with van der Waals surface area (Å²) in [5, 5.41) is 2.08. The minimum atomic E-state index is 0.194. The summed E-state index contributed by atoms with van der Waals surface area (Å²) in [6, 6.07) is 0. The van der Waals surface area contributed by atoms with Crippen molar-refractivity contribution < 1.29 is 5.32 Å². The van der Waals surface area contributed by atoms with Crippen LogP contribution in [0.1, 0.15) is 0 Å². The molecule has 0 aromatic carbocycles. The van der Waals surface area contributed by atoms with E-state index in [-0.39, 0.29) is 5.34 Å². The predicted molar refractivity (Wildman–Crippen MR) is 71.1 cm³/mol. The maximum absolute atomic E-state index is 4.76. The van der Waals surface area contributed by atoms with E-state index in [9.17, 15) is 0 Å². The summed E-state index contributed by atoms with van der Waals surface area (Å²) in [7, 11) is 1.94. The average Bonchev–Trinajstić information content (AvgIpc) is 2.96. The van der Waals surface area contributed by atoms with Crippen LogP contribution in [0.15, 0.2) is 36.1 Å². The summed E-state index contributed by atoms with van der Waals surface area (Å²) in [4.78, 5) is 7.51. The standard InChI is InChI=1S/C4H6N2.C3H4N2.CH2Cl2.CH3Cl/c1-6-3-2-5-4-6;1-2-5-3-4-1;2-1-3;1-2/h2-4H,1H3;1-3H,(H,4,5);1H2;1H3/p+1. The number of aliphatic imine (C=N–C) groups is 1. The van der Waals surface area contributed by atoms with Gasteiger partial charge in [-0.2, -0.15) is 0 Å². The number of imidazole rings is 1. The zero-order valence-corrected chi connectivity index (χ0v) is 11.5. The molecule has 0 atom stereocenters. The lowest BCUT2D eigenvalue weighted by Crippen LogP contribution is -2.74. The molecule has 0 amide bonds. The molecule has 1 aromatic rings. The molecule has 0 fully saturated rings. The van der Waals surface area contributed by atoms with E-state index in [1.807, 2.05) is 29.3 Å². The van der Waals surface area contributed by atoms with Crippen molar-refractivity contribution in [3.8, 4) is 0 Å². The Bertz CT molecular complexity index is 250. The highest BCUT2D eigenvalue weighted by Gasteiger charge is 1.76. The number of nitrogens with zero attached hydrogens (tertiary/aromatic N) is 3. The van der Waals surface area contributed by atoms with Gasteiger partial charge in [0.25, 0.3) is 0 Å². The quantitative estimate of drug-likeness (QED) is 0.726. The van der Waals surface area contributed by atoms with Crippen LogP contribution in [-0.4, -0.2) is 27.6 Å². The van der Waals surface area contributed by atoms with E-state index < -0.39 is 0 Å². The molecule has 2 rings (SSSR count). The van der Waals surface area contributed by atoms with E-state index in [0.717, 1.165) is 0 Å². The van der Waals surface area contributed by atoms with Crippen LogP contribution in [0.5, 0.6) is 0 Å². The van der Waals surface area contributed by atoms with Crippen molar-refractivity contribution >= 4 is 41.1 Å². The van der Waals surface area contributed by atoms with Crippen molar-refractivity contribution in [2.24, 2.45) is 12.0 Å². The molecule has 7 heteroatoms. The summed E-state index contributed by atoms with van der Waals surface area (Å²) < 4.78 is 1.89. The third-order valence-corrected chi connectivity index (χ3v) is 1.09. The Morgan fingerprint density at radius 2 is 1.94 bits per heavy atom. The van der Waals surface area contributed by atoms with Gasteiger partial charge in [-0.05, 0) is 0 Å². The molecular formula is C9H16Cl3N4+. The molecule has 2 N–H and O–H groups in total. The van der Waals surface area contributed by atoms with Crippen molar-refractivity contribution in [3.05, 3.63) is 31.1 Å². The molecule has 0 unspecified atom stereocenters. The third-order valence-electron chi connectivity index (χ3n) is 1.09. The van der Waals surface area contributed by atoms with Crippen molar-refractivity contribution in [3.63, 3.8) is 0 Å². The van der Waals surface area contributed by atoms with E-state index in [2.05, 4.69) is 21.6 Å². The van der Waals surface area contributed by atoms with Gasteiger partial charge in [-0.25, -0.2) is 9.98 Å². The molecular weight excluding hydrogens is 270 g/mol.